The third-order valence-electron chi connectivity index (χ3n) is 7.17. The molecule has 2 radical (unpaired) electrons. The van der Waals surface area contributed by atoms with E-state index < -0.39 is 29.5 Å². The highest BCUT2D eigenvalue weighted by Gasteiger charge is 2.38. The number of benzene rings is 2. The summed E-state index contributed by atoms with van der Waals surface area (Å²) in [6.07, 6.45) is 2.51. The summed E-state index contributed by atoms with van der Waals surface area (Å²) in [5, 5.41) is 12.7. The molecule has 220 valence electrons. The highest BCUT2D eigenvalue weighted by molar-refractivity contribution is 6.13. The van der Waals surface area contributed by atoms with Gasteiger partial charge in [0.2, 0.25) is 5.91 Å². The standard InChI is InChI=1S/C31H37N4O6.Al/c1-31(2,3)41-30(38)34-15-6-5-8-25(34)28(36)33-24(20-32)18-21-9-11-22(12-10-21)23-13-14-27-26(19-23)35(29(37)40-27)16-7-17-39-4;/h9-15,19,24-25H,5-8,16-18H2,1-4H3,(H,33,36);/t24?,25-;/m0./s1. The maximum absolute atomic E-state index is 13.3. The van der Waals surface area contributed by atoms with Crippen LogP contribution in [0, 0.1) is 11.3 Å². The van der Waals surface area contributed by atoms with Crippen molar-refractivity contribution in [3.63, 3.8) is 0 Å². The second-order valence-corrected chi connectivity index (χ2v) is 12.3. The Balaban J connectivity index is 1.44. The van der Waals surface area contributed by atoms with Crippen molar-refractivity contribution in [2.45, 2.75) is 82.0 Å². The molecule has 2 amide bonds. The van der Waals surface area contributed by atoms with E-state index in [9.17, 15) is 19.6 Å². The molecular weight excluding hydrogens is 551 g/mol. The van der Waals surface area contributed by atoms with Gasteiger partial charge < -0.3 is 24.1 Å². The molecule has 42 heavy (non-hydrogen) atoms. The first-order chi connectivity index (χ1) is 20.0. The number of oxazole rings is 1. The van der Waals surface area contributed by atoms with Crippen molar-refractivity contribution >= 4 is 39.4 Å². The third-order valence-corrected chi connectivity index (χ3v) is 7.83. The first-order valence-corrected chi connectivity index (χ1v) is 14.9. The lowest BCUT2D eigenvalue weighted by atomic mass is 9.99. The molecule has 0 aliphatic carbocycles. The molecule has 1 aromatic heterocycles. The van der Waals surface area contributed by atoms with Crippen molar-refractivity contribution in [3.05, 3.63) is 58.6 Å². The zero-order chi connectivity index (χ0) is 30.4. The monoisotopic (exact) mass is 588 g/mol. The van der Waals surface area contributed by atoms with Gasteiger partial charge in [0.25, 0.3) is 0 Å². The number of nitriles is 1. The summed E-state index contributed by atoms with van der Waals surface area (Å²) in [4.78, 5) is 39.8. The Kier molecular flexibility index (Phi) is 10.2. The van der Waals surface area contributed by atoms with Gasteiger partial charge in [0.05, 0.1) is 11.6 Å². The quantitative estimate of drug-likeness (QED) is 0.294. The molecule has 0 spiro atoms. The summed E-state index contributed by atoms with van der Waals surface area (Å²) < 4.78 is 17.7. The lowest BCUT2D eigenvalue weighted by Gasteiger charge is -2.41. The largest absolute Gasteiger partial charge is 0.444 e. The van der Waals surface area contributed by atoms with E-state index in [1.54, 1.807) is 38.5 Å². The van der Waals surface area contributed by atoms with Crippen molar-refractivity contribution in [1.82, 2.24) is 14.8 Å². The predicted molar refractivity (Wildman–Crippen MR) is 159 cm³/mol. The normalized spacial score (nSPS) is 17.9. The fourth-order valence-electron chi connectivity index (χ4n) is 5.15. The van der Waals surface area contributed by atoms with Gasteiger partial charge >= 0.3 is 11.8 Å². The average Bonchev–Trinajstić information content (AvgIpc) is 3.26. The number of rotatable bonds is 9. The van der Waals surface area contributed by atoms with Gasteiger partial charge in [0.15, 0.2) is 21.9 Å². The van der Waals surface area contributed by atoms with Gasteiger partial charge in [-0.3, -0.25) is 9.36 Å². The van der Waals surface area contributed by atoms with Gasteiger partial charge in [-0.15, -0.1) is 0 Å². The molecule has 3 aromatic rings. The molecular formula is C31H37AlN4O6. The smallest absolute Gasteiger partial charge is 0.419 e. The summed E-state index contributed by atoms with van der Waals surface area (Å²) in [6.45, 7) is 6.41. The van der Waals surface area contributed by atoms with E-state index in [-0.39, 0.29) is 10.8 Å². The summed E-state index contributed by atoms with van der Waals surface area (Å²) in [7, 11) is 1.63. The number of carbonyl (C=O) groups excluding carboxylic acids is 2. The number of piperidine rings is 1. The summed E-state index contributed by atoms with van der Waals surface area (Å²) >= 11 is 2.63. The number of likely N-dealkylation sites (tertiary alicyclic amines) is 1. The average molecular weight is 589 g/mol. The van der Waals surface area contributed by atoms with Gasteiger partial charge in [-0.05, 0) is 73.8 Å². The number of aromatic nitrogens is 1. The molecule has 0 bridgehead atoms. The molecule has 1 fully saturated rings. The zero-order valence-corrected chi connectivity index (χ0v) is 25.7. The molecule has 1 aliphatic rings. The minimum Gasteiger partial charge on any atom is -0.444 e. The van der Waals surface area contributed by atoms with E-state index in [0.29, 0.717) is 38.0 Å². The summed E-state index contributed by atoms with van der Waals surface area (Å²) in [5.41, 5.74) is 3.31. The minimum absolute atomic E-state index is 0.223. The van der Waals surface area contributed by atoms with Crippen molar-refractivity contribution in [2.24, 2.45) is 0 Å². The van der Waals surface area contributed by atoms with Crippen LogP contribution in [0.4, 0.5) is 4.79 Å². The van der Waals surface area contributed by atoms with Gasteiger partial charge in [-0.25, -0.2) is 9.59 Å². The van der Waals surface area contributed by atoms with Crippen molar-refractivity contribution in [3.8, 4) is 17.2 Å². The van der Waals surface area contributed by atoms with E-state index in [2.05, 4.69) is 27.7 Å². The fraction of sp³-hybridized carbons (Fsp3) is 0.484. The molecule has 2 heterocycles. The summed E-state index contributed by atoms with van der Waals surface area (Å²) in [5.74, 6) is -0.755. The Labute approximate surface area is 254 Å². The first-order valence-electron chi connectivity index (χ1n) is 14.2. The molecule has 2 aromatic carbocycles. The van der Waals surface area contributed by atoms with Crippen LogP contribution in [0.1, 0.15) is 52.0 Å². The lowest BCUT2D eigenvalue weighted by molar-refractivity contribution is -0.128. The van der Waals surface area contributed by atoms with Crippen molar-refractivity contribution < 1.29 is 23.5 Å². The highest BCUT2D eigenvalue weighted by atomic mass is 27.0. The molecule has 1 saturated heterocycles. The Morgan fingerprint density at radius 3 is 2.55 bits per heavy atom. The molecule has 1 aliphatic heterocycles. The topological polar surface area (TPSA) is 127 Å². The van der Waals surface area contributed by atoms with Gasteiger partial charge in [-0.1, -0.05) is 36.8 Å². The molecule has 11 heteroatoms. The number of hydrogen-bond acceptors (Lipinski definition) is 7. The number of fused-ring (bicyclic) bond motifs is 1. The predicted octanol–water partition coefficient (Wildman–Crippen LogP) is 4.13. The fourth-order valence-corrected chi connectivity index (χ4v) is 5.72. The lowest BCUT2D eigenvalue weighted by Crippen LogP contribution is -2.58. The summed E-state index contributed by atoms with van der Waals surface area (Å²) in [6, 6.07) is 14.1. The molecule has 0 saturated carbocycles. The zero-order valence-electron chi connectivity index (χ0n) is 24.6. The highest BCUT2D eigenvalue weighted by Crippen LogP contribution is 2.26. The van der Waals surface area contributed by atoms with Crippen LogP contribution in [0.25, 0.3) is 22.2 Å². The number of hydrogen-bond donors (Lipinski definition) is 1. The van der Waals surface area contributed by atoms with E-state index in [1.807, 2.05) is 36.4 Å². The Morgan fingerprint density at radius 1 is 1.17 bits per heavy atom. The molecule has 4 rings (SSSR count). The van der Waals surface area contributed by atoms with Crippen molar-refractivity contribution in [2.75, 3.05) is 13.7 Å². The molecule has 10 nitrogen and oxygen atoms in total. The third kappa shape index (κ3) is 7.63. The van der Waals surface area contributed by atoms with Crippen LogP contribution in [-0.4, -0.2) is 74.1 Å². The number of amides is 2. The van der Waals surface area contributed by atoms with E-state index in [1.165, 1.54) is 4.90 Å². The van der Waals surface area contributed by atoms with Gasteiger partial charge in [-0.2, -0.15) is 5.26 Å². The van der Waals surface area contributed by atoms with E-state index >= 15 is 0 Å². The second-order valence-electron chi connectivity index (χ2n) is 11.5. The first kappa shape index (κ1) is 31.4. The van der Waals surface area contributed by atoms with Gasteiger partial charge in [0, 0.05) is 26.7 Å². The number of ether oxygens (including phenoxy) is 2. The number of nitrogens with one attached hydrogen (secondary N) is 1. The molecule has 3 atom stereocenters. The van der Waals surface area contributed by atoms with Crippen LogP contribution >= 0.6 is 0 Å². The Hall–Kier alpha value is -3.57. The minimum atomic E-state index is -0.766. The maximum atomic E-state index is 13.3. The molecule has 1 unspecified atom stereocenters. The number of carbonyl (C=O) groups is 2. The number of aryl methyl sites for hydroxylation is 1. The van der Waals surface area contributed by atoms with Crippen LogP contribution in [0.3, 0.4) is 0 Å². The van der Waals surface area contributed by atoms with E-state index in [0.717, 1.165) is 35.0 Å². The maximum Gasteiger partial charge on any atom is 0.419 e. The van der Waals surface area contributed by atoms with Crippen LogP contribution in [-0.2, 0) is 27.2 Å². The van der Waals surface area contributed by atoms with E-state index in [4.69, 9.17) is 13.9 Å². The van der Waals surface area contributed by atoms with Crippen LogP contribution in [0.5, 0.6) is 0 Å². The van der Waals surface area contributed by atoms with Crippen LogP contribution in [0.15, 0.2) is 51.7 Å². The Bertz CT molecular complexity index is 1500. The van der Waals surface area contributed by atoms with Crippen molar-refractivity contribution in [1.29, 1.82) is 5.26 Å². The SMILES string of the molecule is COCCCn1c(=O)oc2ccc(-c3ccc(CC(C#N)NC(=O)[C@@H]4CCC[C@H]([Al])N4C(=O)OC(C)(C)C)cc3)cc21. The number of nitrogens with zero attached hydrogens (tertiary/aromatic N) is 3. The second kappa shape index (κ2) is 13.6. The van der Waals surface area contributed by atoms with Gasteiger partial charge in [0.1, 0.15) is 17.7 Å². The Morgan fingerprint density at radius 2 is 1.88 bits per heavy atom. The molecule has 1 N–H and O–H groups in total. The number of methoxy groups -OCH3 is 1. The van der Waals surface area contributed by atoms with Crippen LogP contribution in [0.2, 0.25) is 0 Å². The van der Waals surface area contributed by atoms with Crippen LogP contribution < -0.4 is 11.1 Å².